The van der Waals surface area contributed by atoms with E-state index in [0.29, 0.717) is 25.2 Å². The van der Waals surface area contributed by atoms with Crippen LogP contribution in [0.4, 0.5) is 0 Å². The van der Waals surface area contributed by atoms with Crippen LogP contribution >= 0.6 is 0 Å². The highest BCUT2D eigenvalue weighted by Crippen LogP contribution is 2.13. The lowest BCUT2D eigenvalue weighted by Gasteiger charge is -2.28. The molecule has 0 aromatic heterocycles. The van der Waals surface area contributed by atoms with Gasteiger partial charge in [-0.2, -0.15) is 5.26 Å². The van der Waals surface area contributed by atoms with Gasteiger partial charge in [-0.05, 0) is 17.7 Å². The molecule has 0 aliphatic carbocycles. The first-order chi connectivity index (χ1) is 9.80. The molecule has 0 saturated carbocycles. The predicted molar refractivity (Wildman–Crippen MR) is 81.6 cm³/mol. The van der Waals surface area contributed by atoms with Gasteiger partial charge in [-0.3, -0.25) is 4.90 Å². The van der Waals surface area contributed by atoms with E-state index in [-0.39, 0.29) is 11.5 Å². The molecule has 1 aromatic carbocycles. The van der Waals surface area contributed by atoms with Crippen molar-refractivity contribution in [1.29, 1.82) is 5.26 Å². The van der Waals surface area contributed by atoms with Crippen molar-refractivity contribution in [2.24, 2.45) is 3.77 Å². The molecule has 114 valence electrons. The SMILES string of the molecule is CS(=O)(=O)N=S1(=O)CCN(Cc2cccc(C#N)c2)CC1. The number of sulfonamides is 1. The summed E-state index contributed by atoms with van der Waals surface area (Å²) in [5.74, 6) is 0.524. The highest BCUT2D eigenvalue weighted by Gasteiger charge is 2.22. The third-order valence-corrected chi connectivity index (χ3v) is 7.00. The summed E-state index contributed by atoms with van der Waals surface area (Å²) in [6, 6.07) is 9.44. The largest absolute Gasteiger partial charge is 0.297 e. The summed E-state index contributed by atoms with van der Waals surface area (Å²) in [7, 11) is -6.22. The standard InChI is InChI=1S/C13H17N3O3S2/c1-20(17,18)15-21(19)7-5-16(6-8-21)11-13-4-2-3-12(9-13)10-14/h2-4,9H,5-8,11H2,1H3. The highest BCUT2D eigenvalue weighted by molar-refractivity contribution is 8.03. The van der Waals surface area contributed by atoms with Gasteiger partial charge < -0.3 is 0 Å². The summed E-state index contributed by atoms with van der Waals surface area (Å²) >= 11 is 0. The number of rotatable bonds is 3. The first kappa shape index (κ1) is 15.9. The van der Waals surface area contributed by atoms with Gasteiger partial charge >= 0.3 is 0 Å². The van der Waals surface area contributed by atoms with Crippen LogP contribution in [-0.4, -0.2) is 48.4 Å². The van der Waals surface area contributed by atoms with Crippen LogP contribution in [0.5, 0.6) is 0 Å². The quantitative estimate of drug-likeness (QED) is 0.819. The smallest absolute Gasteiger partial charge is 0.257 e. The minimum Gasteiger partial charge on any atom is -0.297 e. The predicted octanol–water partition coefficient (Wildman–Crippen LogP) is 0.801. The second kappa shape index (κ2) is 6.13. The van der Waals surface area contributed by atoms with Gasteiger partial charge in [-0.15, -0.1) is 3.77 Å². The maximum atomic E-state index is 12.3. The Morgan fingerprint density at radius 3 is 2.62 bits per heavy atom. The molecule has 0 N–H and O–H groups in total. The maximum absolute atomic E-state index is 12.3. The van der Waals surface area contributed by atoms with Gasteiger partial charge in [0.2, 0.25) is 0 Å². The number of hydrogen-bond donors (Lipinski definition) is 0. The molecule has 8 heteroatoms. The van der Waals surface area contributed by atoms with Crippen LogP contribution < -0.4 is 0 Å². The first-order valence-corrected chi connectivity index (χ1v) is 10.1. The van der Waals surface area contributed by atoms with E-state index in [1.807, 2.05) is 18.2 Å². The van der Waals surface area contributed by atoms with Crippen molar-refractivity contribution in [3.63, 3.8) is 0 Å². The van der Waals surface area contributed by atoms with Gasteiger partial charge in [0, 0.05) is 31.1 Å². The Hall–Kier alpha value is -1.43. The Balaban J connectivity index is 2.04. The van der Waals surface area contributed by atoms with E-state index < -0.39 is 19.8 Å². The molecular weight excluding hydrogens is 310 g/mol. The van der Waals surface area contributed by atoms with E-state index in [0.717, 1.165) is 11.8 Å². The fourth-order valence-electron chi connectivity index (χ4n) is 2.23. The Morgan fingerprint density at radius 1 is 1.38 bits per heavy atom. The van der Waals surface area contributed by atoms with E-state index in [1.54, 1.807) is 6.07 Å². The zero-order chi connectivity index (χ0) is 15.5. The monoisotopic (exact) mass is 327 g/mol. The van der Waals surface area contributed by atoms with Gasteiger partial charge in [-0.25, -0.2) is 12.6 Å². The van der Waals surface area contributed by atoms with Crippen LogP contribution in [0, 0.1) is 11.3 Å². The number of benzene rings is 1. The summed E-state index contributed by atoms with van der Waals surface area (Å²) in [5, 5.41) is 8.87. The first-order valence-electron chi connectivity index (χ1n) is 6.45. The molecule has 1 aliphatic rings. The van der Waals surface area contributed by atoms with Crippen LogP contribution in [0.15, 0.2) is 28.0 Å². The minimum absolute atomic E-state index is 0.262. The molecule has 1 fully saturated rings. The summed E-state index contributed by atoms with van der Waals surface area (Å²) in [4.78, 5) is 2.09. The van der Waals surface area contributed by atoms with Gasteiger partial charge in [-0.1, -0.05) is 12.1 Å². The van der Waals surface area contributed by atoms with E-state index in [2.05, 4.69) is 14.7 Å². The summed E-state index contributed by atoms with van der Waals surface area (Å²) < 4.78 is 38.1. The fourth-order valence-corrected chi connectivity index (χ4v) is 6.10. The molecule has 0 unspecified atom stereocenters. The van der Waals surface area contributed by atoms with E-state index >= 15 is 0 Å². The molecule has 21 heavy (non-hydrogen) atoms. The van der Waals surface area contributed by atoms with Crippen molar-refractivity contribution in [1.82, 2.24) is 4.90 Å². The summed E-state index contributed by atoms with van der Waals surface area (Å²) in [6.07, 6.45) is 0.972. The molecule has 0 atom stereocenters. The lowest BCUT2D eigenvalue weighted by atomic mass is 10.1. The van der Waals surface area contributed by atoms with Crippen molar-refractivity contribution in [2.75, 3.05) is 30.9 Å². The fraction of sp³-hybridized carbons (Fsp3) is 0.462. The van der Waals surface area contributed by atoms with Gasteiger partial charge in [0.1, 0.15) is 0 Å². The Bertz CT molecular complexity index is 773. The maximum Gasteiger partial charge on any atom is 0.257 e. The van der Waals surface area contributed by atoms with Crippen molar-refractivity contribution in [3.8, 4) is 6.07 Å². The van der Waals surface area contributed by atoms with Crippen LogP contribution in [-0.2, 0) is 26.3 Å². The average Bonchev–Trinajstić information content (AvgIpc) is 2.40. The van der Waals surface area contributed by atoms with E-state index in [4.69, 9.17) is 5.26 Å². The molecule has 0 amide bonds. The average molecular weight is 327 g/mol. The minimum atomic E-state index is -3.57. The third-order valence-electron chi connectivity index (χ3n) is 3.19. The second-order valence-electron chi connectivity index (χ2n) is 5.08. The lowest BCUT2D eigenvalue weighted by molar-refractivity contribution is 0.290. The van der Waals surface area contributed by atoms with Crippen LogP contribution in [0.2, 0.25) is 0 Å². The summed E-state index contributed by atoms with van der Waals surface area (Å²) in [6.45, 7) is 1.73. The number of nitriles is 1. The van der Waals surface area contributed by atoms with Crippen molar-refractivity contribution in [2.45, 2.75) is 6.54 Å². The number of hydrogen-bond acceptors (Lipinski definition) is 5. The second-order valence-corrected chi connectivity index (χ2v) is 9.50. The van der Waals surface area contributed by atoms with Crippen LogP contribution in [0.1, 0.15) is 11.1 Å². The molecule has 1 aliphatic heterocycles. The zero-order valence-electron chi connectivity index (χ0n) is 11.7. The molecule has 2 rings (SSSR count). The molecule has 1 heterocycles. The van der Waals surface area contributed by atoms with Crippen molar-refractivity contribution >= 4 is 19.8 Å². The molecule has 1 aromatic rings. The molecule has 0 bridgehead atoms. The topological polar surface area (TPSA) is 90.6 Å². The molecule has 6 nitrogen and oxygen atoms in total. The molecule has 0 radical (unpaired) electrons. The molecule has 1 saturated heterocycles. The normalized spacial score (nSPS) is 18.9. The Labute approximate surface area is 125 Å². The molecule has 0 spiro atoms. The lowest BCUT2D eigenvalue weighted by Crippen LogP contribution is -2.39. The zero-order valence-corrected chi connectivity index (χ0v) is 13.4. The van der Waals surface area contributed by atoms with Crippen molar-refractivity contribution < 1.29 is 12.6 Å². The Morgan fingerprint density at radius 2 is 2.05 bits per heavy atom. The van der Waals surface area contributed by atoms with Crippen LogP contribution in [0.25, 0.3) is 0 Å². The molecular formula is C13H17N3O3S2. The van der Waals surface area contributed by atoms with Gasteiger partial charge in [0.25, 0.3) is 10.0 Å². The van der Waals surface area contributed by atoms with Gasteiger partial charge in [0.15, 0.2) is 0 Å². The van der Waals surface area contributed by atoms with Gasteiger partial charge in [0.05, 0.1) is 27.6 Å². The summed E-state index contributed by atoms with van der Waals surface area (Å²) in [5.41, 5.74) is 1.63. The van der Waals surface area contributed by atoms with E-state index in [1.165, 1.54) is 0 Å². The van der Waals surface area contributed by atoms with E-state index in [9.17, 15) is 12.6 Å². The number of nitrogens with zero attached hydrogens (tertiary/aromatic N) is 3. The third kappa shape index (κ3) is 4.81. The van der Waals surface area contributed by atoms with Crippen molar-refractivity contribution in [3.05, 3.63) is 35.4 Å². The Kier molecular flexibility index (Phi) is 4.66. The van der Waals surface area contributed by atoms with Crippen LogP contribution in [0.3, 0.4) is 0 Å². The highest BCUT2D eigenvalue weighted by atomic mass is 32.3.